The molecule has 3 aliphatic carbocycles. The predicted octanol–water partition coefficient (Wildman–Crippen LogP) is 4.18. The Balaban J connectivity index is 1.93. The quantitative estimate of drug-likeness (QED) is 0.458. The van der Waals surface area contributed by atoms with E-state index >= 15 is 0 Å². The fraction of sp³-hybridized carbons (Fsp3) is 0.800. The van der Waals surface area contributed by atoms with E-state index in [1.165, 1.54) is 0 Å². The van der Waals surface area contributed by atoms with Crippen LogP contribution in [0, 0.1) is 23.2 Å². The van der Waals surface area contributed by atoms with Crippen LogP contribution in [0.2, 0.25) is 0 Å². The maximum atomic E-state index is 6.23. The first-order chi connectivity index (χ1) is 6.32. The van der Waals surface area contributed by atoms with Crippen LogP contribution in [0.5, 0.6) is 0 Å². The third kappa shape index (κ3) is 0.948. The van der Waals surface area contributed by atoms with Crippen molar-refractivity contribution in [3.8, 4) is 0 Å². The van der Waals surface area contributed by atoms with Gasteiger partial charge in [0.15, 0.2) is 0 Å². The number of hydrogen-bond donors (Lipinski definition) is 0. The minimum absolute atomic E-state index is 0.0302. The lowest BCUT2D eigenvalue weighted by Gasteiger charge is -2.11. The summed E-state index contributed by atoms with van der Waals surface area (Å²) >= 11 is 24.8. The van der Waals surface area contributed by atoms with Crippen molar-refractivity contribution < 1.29 is 0 Å². The van der Waals surface area contributed by atoms with Gasteiger partial charge in [0, 0.05) is 23.2 Å². The lowest BCUT2D eigenvalue weighted by atomic mass is 9.99. The van der Waals surface area contributed by atoms with Crippen LogP contribution in [0.1, 0.15) is 13.3 Å². The summed E-state index contributed by atoms with van der Waals surface area (Å²) in [5, 5.41) is 0. The van der Waals surface area contributed by atoms with Crippen LogP contribution in [0.4, 0.5) is 0 Å². The minimum Gasteiger partial charge on any atom is -0.101 e. The molecule has 3 aliphatic rings. The highest BCUT2D eigenvalue weighted by atomic mass is 35.5. The average Bonchev–Trinajstić information content (AvgIpc) is 2.74. The van der Waals surface area contributed by atoms with Crippen LogP contribution in [-0.2, 0) is 0 Å². The molecule has 0 unspecified atom stereocenters. The molecule has 0 aliphatic heterocycles. The fourth-order valence-electron chi connectivity index (χ4n) is 2.84. The summed E-state index contributed by atoms with van der Waals surface area (Å²) in [4.78, 5) is 0. The summed E-state index contributed by atoms with van der Waals surface area (Å²) in [6, 6.07) is 0. The fourth-order valence-corrected chi connectivity index (χ4v) is 4.50. The molecular formula is C10H10Cl4. The lowest BCUT2D eigenvalue weighted by Crippen LogP contribution is -2.07. The summed E-state index contributed by atoms with van der Waals surface area (Å²) in [6.45, 7) is 2.12. The van der Waals surface area contributed by atoms with Gasteiger partial charge in [-0.3, -0.25) is 0 Å². The van der Waals surface area contributed by atoms with E-state index in [0.717, 1.165) is 6.42 Å². The maximum Gasteiger partial charge on any atom is 0.131 e. The van der Waals surface area contributed by atoms with Crippen molar-refractivity contribution in [1.29, 1.82) is 0 Å². The summed E-state index contributed by atoms with van der Waals surface area (Å²) < 4.78 is -1.18. The van der Waals surface area contributed by atoms with Gasteiger partial charge in [-0.05, 0) is 6.42 Å². The second kappa shape index (κ2) is 2.42. The Morgan fingerprint density at radius 1 is 1.14 bits per heavy atom. The minimum atomic E-state index is -0.610. The molecule has 0 N–H and O–H groups in total. The Hall–Kier alpha value is 0.900. The molecule has 0 aromatic heterocycles. The first-order valence-corrected chi connectivity index (χ1v) is 6.27. The van der Waals surface area contributed by atoms with Crippen molar-refractivity contribution in [2.75, 3.05) is 0 Å². The van der Waals surface area contributed by atoms with Crippen LogP contribution < -0.4 is 0 Å². The highest BCUT2D eigenvalue weighted by Crippen LogP contribution is 2.78. The summed E-state index contributed by atoms with van der Waals surface area (Å²) in [7, 11) is 0. The van der Waals surface area contributed by atoms with E-state index in [0.29, 0.717) is 11.8 Å². The molecule has 0 nitrogen and oxygen atoms in total. The molecule has 0 heterocycles. The molecule has 78 valence electrons. The molecular weight excluding hydrogens is 262 g/mol. The van der Waals surface area contributed by atoms with E-state index in [1.807, 2.05) is 0 Å². The molecule has 0 amide bonds. The molecule has 4 atom stereocenters. The van der Waals surface area contributed by atoms with Gasteiger partial charge in [0.25, 0.3) is 0 Å². The van der Waals surface area contributed by atoms with Crippen molar-refractivity contribution in [2.45, 2.75) is 22.0 Å². The summed E-state index contributed by atoms with van der Waals surface area (Å²) in [5.74, 6) is 0.909. The van der Waals surface area contributed by atoms with Crippen molar-refractivity contribution in [3.63, 3.8) is 0 Å². The Morgan fingerprint density at radius 2 is 1.79 bits per heavy atom. The first kappa shape index (κ1) is 10.1. The first-order valence-electron chi connectivity index (χ1n) is 4.76. The van der Waals surface area contributed by atoms with Crippen molar-refractivity contribution in [2.24, 2.45) is 23.2 Å². The number of halogens is 4. The van der Waals surface area contributed by atoms with Crippen LogP contribution >= 0.6 is 46.4 Å². The Bertz CT molecular complexity index is 333. The van der Waals surface area contributed by atoms with Crippen LogP contribution in [0.15, 0.2) is 12.2 Å². The van der Waals surface area contributed by atoms with E-state index in [2.05, 4.69) is 19.1 Å². The van der Waals surface area contributed by atoms with Gasteiger partial charge in [-0.15, -0.1) is 46.4 Å². The maximum absolute atomic E-state index is 6.23. The molecule has 2 fully saturated rings. The monoisotopic (exact) mass is 270 g/mol. The molecule has 3 rings (SSSR count). The molecule has 0 radical (unpaired) electrons. The number of rotatable bonds is 0. The van der Waals surface area contributed by atoms with Crippen LogP contribution in [-0.4, -0.2) is 8.67 Å². The zero-order valence-electron chi connectivity index (χ0n) is 7.61. The lowest BCUT2D eigenvalue weighted by molar-refractivity contribution is 0.447. The van der Waals surface area contributed by atoms with Gasteiger partial charge in [0.2, 0.25) is 0 Å². The molecule has 0 bridgehead atoms. The normalized spacial score (nSPS) is 55.6. The largest absolute Gasteiger partial charge is 0.131 e. The SMILES string of the molecule is C[C@]12C[C@@H]3[C@H](C=C[C@@H]1C2(Cl)Cl)C3(Cl)Cl. The van der Waals surface area contributed by atoms with Crippen molar-refractivity contribution in [3.05, 3.63) is 12.2 Å². The smallest absolute Gasteiger partial charge is 0.101 e. The second-order valence-electron chi connectivity index (χ2n) is 4.91. The molecule has 0 aromatic rings. The van der Waals surface area contributed by atoms with E-state index in [4.69, 9.17) is 46.4 Å². The highest BCUT2D eigenvalue weighted by Gasteiger charge is 2.77. The molecule has 2 saturated carbocycles. The number of allylic oxidation sites excluding steroid dienone is 2. The summed E-state index contributed by atoms with van der Waals surface area (Å²) in [5.41, 5.74) is -0.0302. The summed E-state index contributed by atoms with van der Waals surface area (Å²) in [6.07, 6.45) is 5.11. The third-order valence-electron chi connectivity index (χ3n) is 4.17. The zero-order valence-corrected chi connectivity index (χ0v) is 10.6. The van der Waals surface area contributed by atoms with Gasteiger partial charge < -0.3 is 0 Å². The van der Waals surface area contributed by atoms with E-state index in [9.17, 15) is 0 Å². The average molecular weight is 272 g/mol. The number of hydrogen-bond acceptors (Lipinski definition) is 0. The van der Waals surface area contributed by atoms with Gasteiger partial charge in [0.1, 0.15) is 8.67 Å². The molecule has 0 saturated heterocycles. The van der Waals surface area contributed by atoms with Crippen molar-refractivity contribution in [1.82, 2.24) is 0 Å². The zero-order chi connectivity index (χ0) is 10.4. The standard InChI is InChI=1S/C10H10Cl4/c1-8-4-6-5(9(6,11)12)2-3-7(8)10(8,13)14/h2-3,5-7H,4H2,1H3/t5-,6+,7-,8-/m0/s1. The number of fused-ring (bicyclic) bond motifs is 2. The van der Waals surface area contributed by atoms with Gasteiger partial charge in [0.05, 0.1) is 0 Å². The number of alkyl halides is 4. The van der Waals surface area contributed by atoms with Gasteiger partial charge in [-0.2, -0.15) is 0 Å². The molecule has 4 heteroatoms. The predicted molar refractivity (Wildman–Crippen MR) is 61.2 cm³/mol. The van der Waals surface area contributed by atoms with Crippen LogP contribution in [0.3, 0.4) is 0 Å². The van der Waals surface area contributed by atoms with Crippen molar-refractivity contribution >= 4 is 46.4 Å². The van der Waals surface area contributed by atoms with Crippen LogP contribution in [0.25, 0.3) is 0 Å². The Morgan fingerprint density at radius 3 is 2.43 bits per heavy atom. The second-order valence-corrected chi connectivity index (χ2v) is 7.74. The Labute approximate surface area is 104 Å². The van der Waals surface area contributed by atoms with Gasteiger partial charge in [-0.25, -0.2) is 0 Å². The van der Waals surface area contributed by atoms with Gasteiger partial charge >= 0.3 is 0 Å². The molecule has 0 spiro atoms. The molecule has 0 aromatic carbocycles. The van der Waals surface area contributed by atoms with E-state index in [-0.39, 0.29) is 11.3 Å². The van der Waals surface area contributed by atoms with E-state index < -0.39 is 8.67 Å². The third-order valence-corrected chi connectivity index (χ3v) is 6.57. The topological polar surface area (TPSA) is 0 Å². The van der Waals surface area contributed by atoms with E-state index in [1.54, 1.807) is 0 Å². The molecule has 14 heavy (non-hydrogen) atoms. The Kier molecular flexibility index (Phi) is 1.74. The van der Waals surface area contributed by atoms with Gasteiger partial charge in [-0.1, -0.05) is 19.1 Å². The highest BCUT2D eigenvalue weighted by molar-refractivity contribution is 6.53.